The lowest BCUT2D eigenvalue weighted by Gasteiger charge is -2.11. The molecule has 2 aromatic carbocycles. The standard InChI is InChI=1S/C17H14FN3OS/c1-10-4-3-5-11(2)14(10)19-17(22)16-15(20-21-23-16)12-6-8-13(18)9-7-12/h3-9H,1-2H3,(H,19,22). The van der Waals surface area contributed by atoms with Crippen molar-refractivity contribution < 1.29 is 9.18 Å². The third-order valence-corrected chi connectivity index (χ3v) is 4.26. The van der Waals surface area contributed by atoms with Gasteiger partial charge in [-0.2, -0.15) is 0 Å². The fraction of sp³-hybridized carbons (Fsp3) is 0.118. The first-order valence-electron chi connectivity index (χ1n) is 7.02. The quantitative estimate of drug-likeness (QED) is 0.784. The fourth-order valence-electron chi connectivity index (χ4n) is 2.32. The highest BCUT2D eigenvalue weighted by Gasteiger charge is 2.19. The maximum atomic E-state index is 13.1. The second-order valence-corrected chi connectivity index (χ2v) is 5.93. The first-order valence-corrected chi connectivity index (χ1v) is 7.79. The van der Waals surface area contributed by atoms with E-state index in [0.29, 0.717) is 16.1 Å². The molecule has 1 heterocycles. The van der Waals surface area contributed by atoms with Gasteiger partial charge in [-0.3, -0.25) is 4.79 Å². The summed E-state index contributed by atoms with van der Waals surface area (Å²) < 4.78 is 16.9. The number of nitrogens with zero attached hydrogens (tertiary/aromatic N) is 2. The van der Waals surface area contributed by atoms with Crippen LogP contribution in [-0.4, -0.2) is 15.5 Å². The SMILES string of the molecule is Cc1cccc(C)c1NC(=O)c1snnc1-c1ccc(F)cc1. The minimum atomic E-state index is -0.335. The normalized spacial score (nSPS) is 10.6. The molecule has 0 fully saturated rings. The lowest BCUT2D eigenvalue weighted by molar-refractivity contribution is 0.103. The number of amides is 1. The molecule has 4 nitrogen and oxygen atoms in total. The molecule has 116 valence electrons. The van der Waals surface area contributed by atoms with Gasteiger partial charge in [0, 0.05) is 11.3 Å². The Hall–Kier alpha value is -2.60. The predicted molar refractivity (Wildman–Crippen MR) is 89.2 cm³/mol. The van der Waals surface area contributed by atoms with Gasteiger partial charge in [-0.05, 0) is 60.8 Å². The van der Waals surface area contributed by atoms with E-state index in [9.17, 15) is 9.18 Å². The molecule has 3 rings (SSSR count). The molecule has 0 saturated carbocycles. The van der Waals surface area contributed by atoms with E-state index in [1.165, 1.54) is 12.1 Å². The molecule has 0 aliphatic rings. The summed E-state index contributed by atoms with van der Waals surface area (Å²) in [5.41, 5.74) is 3.87. The third-order valence-electron chi connectivity index (χ3n) is 3.53. The number of nitrogens with one attached hydrogen (secondary N) is 1. The van der Waals surface area contributed by atoms with Gasteiger partial charge in [0.1, 0.15) is 16.4 Å². The van der Waals surface area contributed by atoms with Crippen molar-refractivity contribution in [1.82, 2.24) is 9.59 Å². The molecule has 23 heavy (non-hydrogen) atoms. The highest BCUT2D eigenvalue weighted by atomic mass is 32.1. The summed E-state index contributed by atoms with van der Waals surface area (Å²) in [6.45, 7) is 3.88. The molecule has 0 aliphatic carbocycles. The van der Waals surface area contributed by atoms with Crippen molar-refractivity contribution in [1.29, 1.82) is 0 Å². The molecule has 0 radical (unpaired) electrons. The van der Waals surface area contributed by atoms with Crippen LogP contribution >= 0.6 is 11.5 Å². The summed E-state index contributed by atoms with van der Waals surface area (Å²) in [6, 6.07) is 11.7. The summed E-state index contributed by atoms with van der Waals surface area (Å²) >= 11 is 1.02. The number of para-hydroxylation sites is 1. The van der Waals surface area contributed by atoms with E-state index in [1.54, 1.807) is 12.1 Å². The zero-order valence-electron chi connectivity index (χ0n) is 12.6. The van der Waals surface area contributed by atoms with Gasteiger partial charge in [0.25, 0.3) is 5.91 Å². The van der Waals surface area contributed by atoms with Crippen molar-refractivity contribution in [2.75, 3.05) is 5.32 Å². The van der Waals surface area contributed by atoms with Crippen molar-refractivity contribution in [3.8, 4) is 11.3 Å². The fourth-order valence-corrected chi connectivity index (χ4v) is 2.90. The van der Waals surface area contributed by atoms with Crippen LogP contribution in [0, 0.1) is 19.7 Å². The number of rotatable bonds is 3. The van der Waals surface area contributed by atoms with Crippen LogP contribution in [0.3, 0.4) is 0 Å². The molecule has 1 aromatic heterocycles. The Labute approximate surface area is 137 Å². The number of benzene rings is 2. The number of aryl methyl sites for hydroxylation is 2. The minimum Gasteiger partial charge on any atom is -0.321 e. The number of halogens is 1. The highest BCUT2D eigenvalue weighted by molar-refractivity contribution is 7.08. The van der Waals surface area contributed by atoms with Gasteiger partial charge in [0.15, 0.2) is 0 Å². The maximum Gasteiger partial charge on any atom is 0.269 e. The number of carbonyl (C=O) groups is 1. The number of anilines is 1. The zero-order chi connectivity index (χ0) is 16.4. The van der Waals surface area contributed by atoms with E-state index >= 15 is 0 Å². The van der Waals surface area contributed by atoms with E-state index in [0.717, 1.165) is 28.3 Å². The first-order chi connectivity index (χ1) is 11.1. The molecule has 1 N–H and O–H groups in total. The minimum absolute atomic E-state index is 0.267. The van der Waals surface area contributed by atoms with Gasteiger partial charge >= 0.3 is 0 Å². The molecular formula is C17H14FN3OS. The molecule has 0 saturated heterocycles. The summed E-state index contributed by atoms with van der Waals surface area (Å²) in [5, 5.41) is 6.93. The largest absolute Gasteiger partial charge is 0.321 e. The Balaban J connectivity index is 1.92. The van der Waals surface area contributed by atoms with Crippen LogP contribution in [0.2, 0.25) is 0 Å². The smallest absolute Gasteiger partial charge is 0.269 e. The van der Waals surface area contributed by atoms with E-state index in [-0.39, 0.29) is 11.7 Å². The van der Waals surface area contributed by atoms with Crippen LogP contribution in [0.15, 0.2) is 42.5 Å². The maximum absolute atomic E-state index is 13.1. The second kappa shape index (κ2) is 6.26. The van der Waals surface area contributed by atoms with Gasteiger partial charge < -0.3 is 5.32 Å². The van der Waals surface area contributed by atoms with Crippen LogP contribution < -0.4 is 5.32 Å². The van der Waals surface area contributed by atoms with Gasteiger partial charge in [-0.1, -0.05) is 22.7 Å². The predicted octanol–water partition coefficient (Wildman–Crippen LogP) is 4.21. The van der Waals surface area contributed by atoms with E-state index < -0.39 is 0 Å². The van der Waals surface area contributed by atoms with Gasteiger partial charge in [-0.15, -0.1) is 5.10 Å². The molecule has 0 spiro atoms. The van der Waals surface area contributed by atoms with Crippen LogP contribution in [-0.2, 0) is 0 Å². The Bertz CT molecular complexity index is 838. The van der Waals surface area contributed by atoms with Crippen molar-refractivity contribution in [3.05, 3.63) is 64.3 Å². The monoisotopic (exact) mass is 327 g/mol. The molecular weight excluding hydrogens is 313 g/mol. The Morgan fingerprint density at radius 3 is 2.39 bits per heavy atom. The zero-order valence-corrected chi connectivity index (χ0v) is 13.4. The highest BCUT2D eigenvalue weighted by Crippen LogP contribution is 2.26. The van der Waals surface area contributed by atoms with Crippen LogP contribution in [0.1, 0.15) is 20.8 Å². The Morgan fingerprint density at radius 1 is 1.09 bits per heavy atom. The first kappa shape index (κ1) is 15.3. The van der Waals surface area contributed by atoms with Crippen LogP contribution in [0.4, 0.5) is 10.1 Å². The molecule has 3 aromatic rings. The molecule has 6 heteroatoms. The Morgan fingerprint density at radius 2 is 1.74 bits per heavy atom. The number of hydrogen-bond donors (Lipinski definition) is 1. The lowest BCUT2D eigenvalue weighted by atomic mass is 10.1. The van der Waals surface area contributed by atoms with Gasteiger partial charge in [-0.25, -0.2) is 4.39 Å². The van der Waals surface area contributed by atoms with Crippen molar-refractivity contribution >= 4 is 23.1 Å². The molecule has 0 aliphatic heterocycles. The van der Waals surface area contributed by atoms with E-state index in [4.69, 9.17) is 0 Å². The summed E-state index contributed by atoms with van der Waals surface area (Å²) in [5.74, 6) is -0.602. The summed E-state index contributed by atoms with van der Waals surface area (Å²) in [6.07, 6.45) is 0. The number of aromatic nitrogens is 2. The molecule has 0 bridgehead atoms. The summed E-state index contributed by atoms with van der Waals surface area (Å²) in [4.78, 5) is 13.0. The van der Waals surface area contributed by atoms with Crippen molar-refractivity contribution in [2.45, 2.75) is 13.8 Å². The second-order valence-electron chi connectivity index (χ2n) is 5.18. The average Bonchev–Trinajstić information content (AvgIpc) is 3.01. The average molecular weight is 327 g/mol. The molecule has 0 atom stereocenters. The Kier molecular flexibility index (Phi) is 4.16. The summed E-state index contributed by atoms with van der Waals surface area (Å²) in [7, 11) is 0. The van der Waals surface area contributed by atoms with Crippen LogP contribution in [0.25, 0.3) is 11.3 Å². The number of hydrogen-bond acceptors (Lipinski definition) is 4. The van der Waals surface area contributed by atoms with Gasteiger partial charge in [0.2, 0.25) is 0 Å². The lowest BCUT2D eigenvalue weighted by Crippen LogP contribution is -2.13. The van der Waals surface area contributed by atoms with Crippen LogP contribution in [0.5, 0.6) is 0 Å². The van der Waals surface area contributed by atoms with E-state index in [2.05, 4.69) is 14.9 Å². The van der Waals surface area contributed by atoms with Crippen molar-refractivity contribution in [2.24, 2.45) is 0 Å². The molecule has 0 unspecified atom stereocenters. The number of carbonyl (C=O) groups excluding carboxylic acids is 1. The van der Waals surface area contributed by atoms with Crippen molar-refractivity contribution in [3.63, 3.8) is 0 Å². The topological polar surface area (TPSA) is 54.9 Å². The molecule has 1 amide bonds. The van der Waals surface area contributed by atoms with Gasteiger partial charge in [0.05, 0.1) is 0 Å². The van der Waals surface area contributed by atoms with E-state index in [1.807, 2.05) is 32.0 Å². The third kappa shape index (κ3) is 3.12.